The smallest absolute Gasteiger partial charge is 0.257 e. The van der Waals surface area contributed by atoms with Gasteiger partial charge in [-0.2, -0.15) is 0 Å². The highest BCUT2D eigenvalue weighted by atomic mass is 16.2. The molecular weight excluding hydrogens is 240 g/mol. The van der Waals surface area contributed by atoms with Crippen molar-refractivity contribution in [1.29, 1.82) is 0 Å². The first-order valence-corrected chi connectivity index (χ1v) is 6.88. The third-order valence-corrected chi connectivity index (χ3v) is 3.75. The van der Waals surface area contributed by atoms with E-state index in [0.717, 1.165) is 38.0 Å². The van der Waals surface area contributed by atoms with Crippen LogP contribution in [0.3, 0.4) is 0 Å². The van der Waals surface area contributed by atoms with E-state index in [9.17, 15) is 4.79 Å². The first kappa shape index (κ1) is 13.9. The van der Waals surface area contributed by atoms with Crippen LogP contribution in [0.2, 0.25) is 0 Å². The number of amides is 1. The number of carbonyl (C=O) groups is 1. The van der Waals surface area contributed by atoms with Crippen molar-refractivity contribution in [3.05, 3.63) is 23.8 Å². The van der Waals surface area contributed by atoms with Gasteiger partial charge in [0.25, 0.3) is 5.91 Å². The van der Waals surface area contributed by atoms with E-state index in [1.807, 2.05) is 11.9 Å². The van der Waals surface area contributed by atoms with E-state index in [2.05, 4.69) is 28.8 Å². The maximum atomic E-state index is 12.6. The van der Waals surface area contributed by atoms with Gasteiger partial charge in [-0.1, -0.05) is 13.3 Å². The molecule has 2 rings (SSSR count). The van der Waals surface area contributed by atoms with Crippen molar-refractivity contribution < 1.29 is 4.79 Å². The maximum absolute atomic E-state index is 12.6. The number of hydrogen-bond donors (Lipinski definition) is 0. The predicted octanol–water partition coefficient (Wildman–Crippen LogP) is 1.21. The number of carbonyl (C=O) groups excluding carboxylic acids is 1. The molecule has 1 aromatic heterocycles. The summed E-state index contributed by atoms with van der Waals surface area (Å²) in [5, 5.41) is 0. The Morgan fingerprint density at radius 3 is 3.00 bits per heavy atom. The SMILES string of the molecule is CCCc1ncncc1C(=O)N(C)[C@H]1CCN(C)C1. The van der Waals surface area contributed by atoms with Crippen molar-refractivity contribution in [3.8, 4) is 0 Å². The van der Waals surface area contributed by atoms with Gasteiger partial charge < -0.3 is 9.80 Å². The minimum Gasteiger partial charge on any atom is -0.337 e. The summed E-state index contributed by atoms with van der Waals surface area (Å²) in [7, 11) is 3.97. The topological polar surface area (TPSA) is 49.3 Å². The van der Waals surface area contributed by atoms with E-state index in [1.54, 1.807) is 6.20 Å². The molecule has 0 aromatic carbocycles. The second-order valence-corrected chi connectivity index (χ2v) is 5.25. The van der Waals surface area contributed by atoms with Crippen molar-refractivity contribution in [3.63, 3.8) is 0 Å². The lowest BCUT2D eigenvalue weighted by atomic mass is 10.1. The summed E-state index contributed by atoms with van der Waals surface area (Å²) in [5.74, 6) is 0.0457. The molecule has 0 aliphatic carbocycles. The molecule has 5 nitrogen and oxygen atoms in total. The summed E-state index contributed by atoms with van der Waals surface area (Å²) in [6, 6.07) is 0.298. The molecule has 0 spiro atoms. The summed E-state index contributed by atoms with van der Waals surface area (Å²) in [4.78, 5) is 24.9. The van der Waals surface area contributed by atoms with Gasteiger partial charge in [0.15, 0.2) is 0 Å². The normalized spacial score (nSPS) is 19.6. The molecular formula is C14H22N4O. The molecule has 104 valence electrons. The summed E-state index contributed by atoms with van der Waals surface area (Å²) in [5.41, 5.74) is 1.52. The fraction of sp³-hybridized carbons (Fsp3) is 0.643. The third-order valence-electron chi connectivity index (χ3n) is 3.75. The van der Waals surface area contributed by atoms with Crippen LogP contribution in [0.4, 0.5) is 0 Å². The Morgan fingerprint density at radius 2 is 2.37 bits per heavy atom. The second kappa shape index (κ2) is 6.10. The Labute approximate surface area is 114 Å². The zero-order valence-electron chi connectivity index (χ0n) is 12.0. The highest BCUT2D eigenvalue weighted by Crippen LogP contribution is 2.16. The number of aromatic nitrogens is 2. The quantitative estimate of drug-likeness (QED) is 0.818. The number of rotatable bonds is 4. The van der Waals surface area contributed by atoms with Crippen LogP contribution in [0.15, 0.2) is 12.5 Å². The first-order chi connectivity index (χ1) is 9.13. The Kier molecular flexibility index (Phi) is 4.47. The van der Waals surface area contributed by atoms with E-state index < -0.39 is 0 Å². The van der Waals surface area contributed by atoms with Crippen molar-refractivity contribution in [2.75, 3.05) is 27.2 Å². The van der Waals surface area contributed by atoms with Crippen LogP contribution in [-0.4, -0.2) is 58.9 Å². The first-order valence-electron chi connectivity index (χ1n) is 6.88. The molecule has 1 aliphatic rings. The van der Waals surface area contributed by atoms with Gasteiger partial charge in [-0.3, -0.25) is 4.79 Å². The van der Waals surface area contributed by atoms with Gasteiger partial charge in [0.2, 0.25) is 0 Å². The van der Waals surface area contributed by atoms with Crippen molar-refractivity contribution in [2.24, 2.45) is 0 Å². The fourth-order valence-electron chi connectivity index (χ4n) is 2.55. The summed E-state index contributed by atoms with van der Waals surface area (Å²) in [6.07, 6.45) is 6.01. The van der Waals surface area contributed by atoms with Gasteiger partial charge in [-0.25, -0.2) is 9.97 Å². The fourth-order valence-corrected chi connectivity index (χ4v) is 2.55. The monoisotopic (exact) mass is 262 g/mol. The maximum Gasteiger partial charge on any atom is 0.257 e. The standard InChI is InChI=1S/C14H22N4O/c1-4-5-13-12(8-15-10-16-13)14(19)18(3)11-6-7-17(2)9-11/h8,10-11H,4-7,9H2,1-3H3/t11-/m0/s1. The number of aryl methyl sites for hydroxylation is 1. The molecule has 1 fully saturated rings. The Hall–Kier alpha value is -1.49. The zero-order valence-corrected chi connectivity index (χ0v) is 12.0. The van der Waals surface area contributed by atoms with Crippen LogP contribution in [0, 0.1) is 0 Å². The van der Waals surface area contributed by atoms with E-state index in [1.165, 1.54) is 6.33 Å². The van der Waals surface area contributed by atoms with Crippen LogP contribution in [0.5, 0.6) is 0 Å². The number of nitrogens with zero attached hydrogens (tertiary/aromatic N) is 4. The molecule has 1 amide bonds. The molecule has 0 saturated carbocycles. The van der Waals surface area contributed by atoms with Crippen molar-refractivity contribution in [2.45, 2.75) is 32.2 Å². The average molecular weight is 262 g/mol. The van der Waals surface area contributed by atoms with Gasteiger partial charge in [0.05, 0.1) is 11.3 Å². The lowest BCUT2D eigenvalue weighted by Gasteiger charge is -2.25. The molecule has 0 radical (unpaired) electrons. The lowest BCUT2D eigenvalue weighted by Crippen LogP contribution is -2.39. The summed E-state index contributed by atoms with van der Waals surface area (Å²) >= 11 is 0. The van der Waals surface area contributed by atoms with Gasteiger partial charge in [0, 0.05) is 25.8 Å². The Bertz CT molecular complexity index is 449. The van der Waals surface area contributed by atoms with Crippen molar-refractivity contribution >= 4 is 5.91 Å². The predicted molar refractivity (Wildman–Crippen MR) is 74.0 cm³/mol. The molecule has 5 heteroatoms. The van der Waals surface area contributed by atoms with Crippen LogP contribution in [0.25, 0.3) is 0 Å². The largest absolute Gasteiger partial charge is 0.337 e. The van der Waals surface area contributed by atoms with Crippen LogP contribution < -0.4 is 0 Å². The van der Waals surface area contributed by atoms with Crippen LogP contribution in [0.1, 0.15) is 35.8 Å². The number of likely N-dealkylation sites (tertiary alicyclic amines) is 1. The lowest BCUT2D eigenvalue weighted by molar-refractivity contribution is 0.0735. The molecule has 1 aliphatic heterocycles. The molecule has 1 aromatic rings. The van der Waals surface area contributed by atoms with E-state index in [-0.39, 0.29) is 5.91 Å². The van der Waals surface area contributed by atoms with E-state index >= 15 is 0 Å². The van der Waals surface area contributed by atoms with Crippen molar-refractivity contribution in [1.82, 2.24) is 19.8 Å². The second-order valence-electron chi connectivity index (χ2n) is 5.25. The van der Waals surface area contributed by atoms with Gasteiger partial charge in [0.1, 0.15) is 6.33 Å². The molecule has 2 heterocycles. The minimum absolute atomic E-state index is 0.0457. The molecule has 0 unspecified atom stereocenters. The summed E-state index contributed by atoms with van der Waals surface area (Å²) in [6.45, 7) is 4.08. The Balaban J connectivity index is 2.14. The van der Waals surface area contributed by atoms with Gasteiger partial charge >= 0.3 is 0 Å². The van der Waals surface area contributed by atoms with Crippen LogP contribution >= 0.6 is 0 Å². The minimum atomic E-state index is 0.0457. The van der Waals surface area contributed by atoms with E-state index in [4.69, 9.17) is 0 Å². The molecule has 19 heavy (non-hydrogen) atoms. The molecule has 0 bridgehead atoms. The average Bonchev–Trinajstić information content (AvgIpc) is 2.85. The van der Waals surface area contributed by atoms with Crippen LogP contribution in [-0.2, 0) is 6.42 Å². The Morgan fingerprint density at radius 1 is 1.58 bits per heavy atom. The van der Waals surface area contributed by atoms with Gasteiger partial charge in [-0.05, 0) is 26.4 Å². The number of likely N-dealkylation sites (N-methyl/N-ethyl adjacent to an activating group) is 2. The highest BCUT2D eigenvalue weighted by Gasteiger charge is 2.28. The highest BCUT2D eigenvalue weighted by molar-refractivity contribution is 5.95. The van der Waals surface area contributed by atoms with Gasteiger partial charge in [-0.15, -0.1) is 0 Å². The molecule has 1 atom stereocenters. The zero-order chi connectivity index (χ0) is 13.8. The molecule has 0 N–H and O–H groups in total. The third kappa shape index (κ3) is 3.10. The van der Waals surface area contributed by atoms with E-state index in [0.29, 0.717) is 11.6 Å². The number of hydrogen-bond acceptors (Lipinski definition) is 4. The summed E-state index contributed by atoms with van der Waals surface area (Å²) < 4.78 is 0. The molecule has 1 saturated heterocycles.